The molecule has 0 aliphatic carbocycles. The van der Waals surface area contributed by atoms with Gasteiger partial charge in [-0.2, -0.15) is 0 Å². The molecule has 1 nitrogen and oxygen atoms in total. The molecule has 1 aromatic carbocycles. The van der Waals surface area contributed by atoms with E-state index in [-0.39, 0.29) is 6.04 Å². The first kappa shape index (κ1) is 15.2. The molecule has 0 aliphatic rings. The normalized spacial score (nSPS) is 14.4. The second-order valence-electron chi connectivity index (χ2n) is 4.72. The molecule has 2 N–H and O–H groups in total. The topological polar surface area (TPSA) is 26.0 Å². The summed E-state index contributed by atoms with van der Waals surface area (Å²) in [4.78, 5) is 1.16. The van der Waals surface area contributed by atoms with Crippen LogP contribution in [0.2, 0.25) is 0 Å². The van der Waals surface area contributed by atoms with Crippen LogP contribution in [-0.4, -0.2) is 0 Å². The van der Waals surface area contributed by atoms with Gasteiger partial charge in [0.25, 0.3) is 0 Å². The van der Waals surface area contributed by atoms with E-state index >= 15 is 0 Å². The van der Waals surface area contributed by atoms with Gasteiger partial charge in [0.05, 0.1) is 9.83 Å². The Hall–Kier alpha value is -0.160. The van der Waals surface area contributed by atoms with E-state index < -0.39 is 0 Å². The molecular formula is C15H17Br2NS. The maximum absolute atomic E-state index is 6.33. The first-order valence-corrected chi connectivity index (χ1v) is 8.73. The fraction of sp³-hybridized carbons (Fsp3) is 0.333. The molecule has 19 heavy (non-hydrogen) atoms. The first-order valence-electron chi connectivity index (χ1n) is 6.33. The molecule has 0 saturated heterocycles. The fourth-order valence-corrected chi connectivity index (χ4v) is 4.07. The van der Waals surface area contributed by atoms with Crippen LogP contribution in [0.25, 0.3) is 0 Å². The Morgan fingerprint density at radius 2 is 1.74 bits per heavy atom. The van der Waals surface area contributed by atoms with Gasteiger partial charge < -0.3 is 5.73 Å². The van der Waals surface area contributed by atoms with Crippen molar-refractivity contribution in [3.63, 3.8) is 0 Å². The second kappa shape index (κ2) is 6.53. The highest BCUT2D eigenvalue weighted by Crippen LogP contribution is 2.36. The monoisotopic (exact) mass is 401 g/mol. The van der Waals surface area contributed by atoms with E-state index in [2.05, 4.69) is 76.0 Å². The van der Waals surface area contributed by atoms with E-state index in [9.17, 15) is 0 Å². The number of halogens is 2. The molecule has 1 aromatic heterocycles. The molecule has 2 unspecified atom stereocenters. The Morgan fingerprint density at radius 3 is 2.21 bits per heavy atom. The lowest BCUT2D eigenvalue weighted by atomic mass is 9.96. The summed E-state index contributed by atoms with van der Waals surface area (Å²) in [6.07, 6.45) is 1.16. The average molecular weight is 403 g/mol. The molecule has 0 saturated carbocycles. The summed E-state index contributed by atoms with van der Waals surface area (Å²) in [7, 11) is 0. The number of rotatable bonds is 4. The van der Waals surface area contributed by atoms with Crippen molar-refractivity contribution in [1.29, 1.82) is 0 Å². The number of hydrogen-bond donors (Lipinski definition) is 1. The van der Waals surface area contributed by atoms with Gasteiger partial charge in [0, 0.05) is 9.35 Å². The maximum atomic E-state index is 6.33. The second-order valence-corrected chi connectivity index (χ2v) is 7.98. The highest BCUT2D eigenvalue weighted by Gasteiger charge is 2.14. The van der Waals surface area contributed by atoms with E-state index in [0.717, 1.165) is 25.1 Å². The summed E-state index contributed by atoms with van der Waals surface area (Å²) >= 11 is 8.69. The Kier molecular flexibility index (Phi) is 5.23. The minimum Gasteiger partial charge on any atom is -0.320 e. The zero-order valence-corrected chi connectivity index (χ0v) is 15.0. The first-order chi connectivity index (χ1) is 9.02. The largest absolute Gasteiger partial charge is 0.320 e. The highest BCUT2D eigenvalue weighted by atomic mass is 79.9. The van der Waals surface area contributed by atoms with Crippen molar-refractivity contribution in [2.24, 2.45) is 5.73 Å². The molecule has 2 atom stereocenters. The van der Waals surface area contributed by atoms with Gasteiger partial charge >= 0.3 is 0 Å². The fourth-order valence-electron chi connectivity index (χ4n) is 1.95. The molecule has 0 aliphatic heterocycles. The number of thiophene rings is 1. The maximum Gasteiger partial charge on any atom is 0.0843 e. The van der Waals surface area contributed by atoms with Crippen molar-refractivity contribution in [3.05, 3.63) is 54.6 Å². The summed E-state index contributed by atoms with van der Waals surface area (Å²) in [6.45, 7) is 4.47. The molecular weight excluding hydrogens is 386 g/mol. The number of hydrogen-bond acceptors (Lipinski definition) is 2. The molecule has 4 heteroatoms. The average Bonchev–Trinajstić information content (AvgIpc) is 2.77. The Morgan fingerprint density at radius 1 is 1.16 bits per heavy atom. The van der Waals surface area contributed by atoms with Gasteiger partial charge in [-0.15, -0.1) is 11.3 Å². The van der Waals surface area contributed by atoms with E-state index in [0.29, 0.717) is 5.92 Å². The van der Waals surface area contributed by atoms with Crippen LogP contribution in [-0.2, 0) is 0 Å². The van der Waals surface area contributed by atoms with Crippen LogP contribution in [0.3, 0.4) is 0 Å². The van der Waals surface area contributed by atoms with Gasteiger partial charge in [0.2, 0.25) is 0 Å². The van der Waals surface area contributed by atoms with Gasteiger partial charge in [-0.3, -0.25) is 0 Å². The number of nitrogens with two attached hydrogens (primary N) is 1. The van der Waals surface area contributed by atoms with Gasteiger partial charge in [-0.1, -0.05) is 38.1 Å². The summed E-state index contributed by atoms with van der Waals surface area (Å²) in [5, 5.41) is 0. The van der Waals surface area contributed by atoms with Gasteiger partial charge in [0.1, 0.15) is 0 Å². The van der Waals surface area contributed by atoms with Gasteiger partial charge in [-0.05, 0) is 61.4 Å². The minimum absolute atomic E-state index is 0.0569. The lowest BCUT2D eigenvalue weighted by Gasteiger charge is -2.13. The smallest absolute Gasteiger partial charge is 0.0843 e. The molecule has 2 aromatic rings. The van der Waals surface area contributed by atoms with Gasteiger partial charge in [-0.25, -0.2) is 0 Å². The molecule has 0 bridgehead atoms. The summed E-state index contributed by atoms with van der Waals surface area (Å²) in [5.74, 6) is 0.607. The third-order valence-corrected chi connectivity index (χ3v) is 6.79. The SMILES string of the molecule is CCC(C)c1ccc(C(N)c2cc(Br)c(Br)s2)cc1. The zero-order chi connectivity index (χ0) is 14.0. The van der Waals surface area contributed by atoms with Crippen molar-refractivity contribution in [2.75, 3.05) is 0 Å². The molecule has 0 fully saturated rings. The van der Waals surface area contributed by atoms with Gasteiger partial charge in [0.15, 0.2) is 0 Å². The van der Waals surface area contributed by atoms with Crippen molar-refractivity contribution in [2.45, 2.75) is 32.2 Å². The molecule has 0 radical (unpaired) electrons. The van der Waals surface area contributed by atoms with Crippen LogP contribution in [0.1, 0.15) is 48.2 Å². The van der Waals surface area contributed by atoms with Crippen LogP contribution in [0, 0.1) is 0 Å². The van der Waals surface area contributed by atoms with Crippen LogP contribution in [0.5, 0.6) is 0 Å². The summed E-state index contributed by atoms with van der Waals surface area (Å²) in [5.41, 5.74) is 8.87. The van der Waals surface area contributed by atoms with E-state index in [1.165, 1.54) is 5.56 Å². The molecule has 1 heterocycles. The predicted octanol–water partition coefficient (Wildman–Crippen LogP) is 5.83. The molecule has 2 rings (SSSR count). The van der Waals surface area contributed by atoms with Crippen molar-refractivity contribution in [1.82, 2.24) is 0 Å². The molecule has 0 amide bonds. The Labute approximate surface area is 135 Å². The third kappa shape index (κ3) is 3.48. The quantitative estimate of drug-likeness (QED) is 0.683. The Balaban J connectivity index is 2.22. The van der Waals surface area contributed by atoms with E-state index in [1.807, 2.05) is 0 Å². The van der Waals surface area contributed by atoms with Crippen LogP contribution >= 0.6 is 43.2 Å². The van der Waals surface area contributed by atoms with Crippen LogP contribution < -0.4 is 5.73 Å². The molecule has 102 valence electrons. The lowest BCUT2D eigenvalue weighted by Crippen LogP contribution is -2.10. The number of benzene rings is 1. The van der Waals surface area contributed by atoms with Crippen molar-refractivity contribution >= 4 is 43.2 Å². The summed E-state index contributed by atoms with van der Waals surface area (Å²) < 4.78 is 2.16. The minimum atomic E-state index is -0.0569. The summed E-state index contributed by atoms with van der Waals surface area (Å²) in [6, 6.07) is 10.7. The predicted molar refractivity (Wildman–Crippen MR) is 90.9 cm³/mol. The zero-order valence-electron chi connectivity index (χ0n) is 11.0. The van der Waals surface area contributed by atoms with E-state index in [4.69, 9.17) is 5.73 Å². The van der Waals surface area contributed by atoms with E-state index in [1.54, 1.807) is 11.3 Å². The van der Waals surface area contributed by atoms with Crippen molar-refractivity contribution < 1.29 is 0 Å². The van der Waals surface area contributed by atoms with Crippen LogP contribution in [0.4, 0.5) is 0 Å². The third-order valence-electron chi connectivity index (χ3n) is 3.45. The Bertz CT molecular complexity index is 528. The highest BCUT2D eigenvalue weighted by molar-refractivity contribution is 9.13. The van der Waals surface area contributed by atoms with Crippen molar-refractivity contribution in [3.8, 4) is 0 Å². The lowest BCUT2D eigenvalue weighted by molar-refractivity contribution is 0.732. The standard InChI is InChI=1S/C15H17Br2NS/c1-3-9(2)10-4-6-11(7-5-10)14(18)13-8-12(16)15(17)19-13/h4-9,14H,3,18H2,1-2H3. The van der Waals surface area contributed by atoms with Crippen LogP contribution in [0.15, 0.2) is 38.6 Å². The molecule has 0 spiro atoms.